The van der Waals surface area contributed by atoms with Crippen LogP contribution in [0, 0.1) is 46.3 Å². The summed E-state index contributed by atoms with van der Waals surface area (Å²) in [5, 5.41) is 0. The molecule has 40 heavy (non-hydrogen) atoms. The Bertz CT molecular complexity index is 702. The number of hydrogen-bond acceptors (Lipinski definition) is 6. The largest absolute Gasteiger partial charge is 0.373 e. The fourth-order valence-corrected chi connectivity index (χ4v) is 8.19. The van der Waals surface area contributed by atoms with E-state index in [1.807, 2.05) is 0 Å². The third-order valence-electron chi connectivity index (χ3n) is 10.8. The highest BCUT2D eigenvalue weighted by molar-refractivity contribution is 5.08. The summed E-state index contributed by atoms with van der Waals surface area (Å²) in [7, 11) is 0. The van der Waals surface area contributed by atoms with Crippen molar-refractivity contribution in [3.63, 3.8) is 0 Å². The van der Waals surface area contributed by atoms with E-state index in [2.05, 4.69) is 111 Å². The molecule has 0 aromatic carbocycles. The monoisotopic (exact) mass is 570 g/mol. The van der Waals surface area contributed by atoms with Gasteiger partial charge in [0.25, 0.3) is 0 Å². The summed E-state index contributed by atoms with van der Waals surface area (Å²) in [5.74, 6) is 2.90. The highest BCUT2D eigenvalue weighted by Gasteiger charge is 2.56. The van der Waals surface area contributed by atoms with Gasteiger partial charge < -0.3 is 31.4 Å². The fraction of sp³-hybridized carbons (Fsp3) is 1.00. The van der Waals surface area contributed by atoms with Crippen LogP contribution in [0.4, 0.5) is 0 Å². The van der Waals surface area contributed by atoms with Gasteiger partial charge in [-0.2, -0.15) is 0 Å². The third-order valence-corrected chi connectivity index (χ3v) is 10.8. The molecule has 0 saturated carbocycles. The standard InChI is InChI=1S/2C12H25NO.C10H21NO/c2*1-8(2)12(9(3)4)10(13)11(5,6)7-14-12;1-7(2)10(8(3)4)9(11)5-6-12-10/h2*8-10H,7,13H2,1-6H3;7-9H,5-6,11H2,1-4H3/t2*10-;9-/m101/s1. The molecule has 0 bridgehead atoms. The van der Waals surface area contributed by atoms with Crippen LogP contribution < -0.4 is 17.2 Å². The van der Waals surface area contributed by atoms with Crippen LogP contribution >= 0.6 is 0 Å². The average molecular weight is 570 g/mol. The van der Waals surface area contributed by atoms with E-state index in [4.69, 9.17) is 31.4 Å². The lowest BCUT2D eigenvalue weighted by atomic mass is 9.69. The van der Waals surface area contributed by atoms with Gasteiger partial charge in [0.1, 0.15) is 0 Å². The summed E-state index contributed by atoms with van der Waals surface area (Å²) < 4.78 is 18.0. The summed E-state index contributed by atoms with van der Waals surface area (Å²) in [6.07, 6.45) is 1.01. The highest BCUT2D eigenvalue weighted by Crippen LogP contribution is 2.47. The Morgan fingerprint density at radius 3 is 0.850 bits per heavy atom. The van der Waals surface area contributed by atoms with Gasteiger partial charge >= 0.3 is 0 Å². The molecule has 3 aliphatic heterocycles. The van der Waals surface area contributed by atoms with Crippen LogP contribution in [0.25, 0.3) is 0 Å². The predicted octanol–water partition coefficient (Wildman–Crippen LogP) is 6.63. The number of hydrogen-bond donors (Lipinski definition) is 3. The van der Waals surface area contributed by atoms with E-state index in [0.717, 1.165) is 26.2 Å². The van der Waals surface area contributed by atoms with Gasteiger partial charge in [0.2, 0.25) is 0 Å². The number of ether oxygens (including phenoxy) is 3. The van der Waals surface area contributed by atoms with Crippen LogP contribution in [0.2, 0.25) is 0 Å². The predicted molar refractivity (Wildman–Crippen MR) is 171 cm³/mol. The van der Waals surface area contributed by atoms with E-state index >= 15 is 0 Å². The van der Waals surface area contributed by atoms with Crippen molar-refractivity contribution in [1.82, 2.24) is 0 Å². The first-order chi connectivity index (χ1) is 18.0. The second kappa shape index (κ2) is 13.6. The fourth-order valence-electron chi connectivity index (χ4n) is 8.19. The summed E-state index contributed by atoms with van der Waals surface area (Å²) in [5.41, 5.74) is 18.7. The van der Waals surface area contributed by atoms with Crippen molar-refractivity contribution >= 4 is 0 Å². The van der Waals surface area contributed by atoms with E-state index < -0.39 is 0 Å². The number of nitrogens with two attached hydrogens (primary N) is 3. The molecule has 0 amide bonds. The second-order valence-electron chi connectivity index (χ2n) is 16.2. The molecule has 0 aromatic heterocycles. The van der Waals surface area contributed by atoms with Gasteiger partial charge in [-0.05, 0) is 41.9 Å². The van der Waals surface area contributed by atoms with Gasteiger partial charge in [-0.3, -0.25) is 0 Å². The zero-order chi connectivity index (χ0) is 31.6. The maximum Gasteiger partial charge on any atom is 0.0884 e. The highest BCUT2D eigenvalue weighted by atomic mass is 16.5. The molecule has 6 heteroatoms. The smallest absolute Gasteiger partial charge is 0.0884 e. The van der Waals surface area contributed by atoms with Crippen molar-refractivity contribution in [2.24, 2.45) is 63.5 Å². The van der Waals surface area contributed by atoms with Gasteiger partial charge in [0, 0.05) is 35.6 Å². The normalized spacial score (nSPS) is 29.8. The minimum absolute atomic E-state index is 0.0694. The van der Waals surface area contributed by atoms with Crippen molar-refractivity contribution in [3.8, 4) is 0 Å². The van der Waals surface area contributed by atoms with Crippen LogP contribution in [-0.2, 0) is 14.2 Å². The van der Waals surface area contributed by atoms with E-state index in [-0.39, 0.29) is 45.8 Å². The minimum atomic E-state index is -0.135. The quantitative estimate of drug-likeness (QED) is 0.332. The molecular weight excluding hydrogens is 498 g/mol. The maximum absolute atomic E-state index is 6.37. The van der Waals surface area contributed by atoms with Crippen LogP contribution in [0.15, 0.2) is 0 Å². The molecule has 3 fully saturated rings. The third kappa shape index (κ3) is 6.78. The Kier molecular flexibility index (Phi) is 12.8. The summed E-state index contributed by atoms with van der Waals surface area (Å²) in [6.45, 7) is 37.7. The molecule has 3 rings (SSSR count). The number of rotatable bonds is 6. The van der Waals surface area contributed by atoms with Crippen molar-refractivity contribution in [2.75, 3.05) is 19.8 Å². The molecule has 3 heterocycles. The molecule has 6 N–H and O–H groups in total. The Morgan fingerprint density at radius 1 is 0.475 bits per heavy atom. The molecule has 240 valence electrons. The van der Waals surface area contributed by atoms with Crippen LogP contribution in [0.1, 0.15) is 117 Å². The molecule has 0 spiro atoms. The van der Waals surface area contributed by atoms with Crippen molar-refractivity contribution < 1.29 is 14.2 Å². The molecule has 3 aliphatic rings. The average Bonchev–Trinajstić information content (AvgIpc) is 3.40. The van der Waals surface area contributed by atoms with Gasteiger partial charge in [-0.15, -0.1) is 0 Å². The zero-order valence-electron chi connectivity index (χ0n) is 29.5. The minimum Gasteiger partial charge on any atom is -0.373 e. The topological polar surface area (TPSA) is 106 Å². The summed E-state index contributed by atoms with van der Waals surface area (Å²) >= 11 is 0. The van der Waals surface area contributed by atoms with E-state index in [1.165, 1.54) is 0 Å². The molecular formula is C34H71N3O3. The van der Waals surface area contributed by atoms with E-state index in [1.54, 1.807) is 0 Å². The molecule has 3 saturated heterocycles. The summed E-state index contributed by atoms with van der Waals surface area (Å²) in [4.78, 5) is 0. The molecule has 0 unspecified atom stereocenters. The molecule has 0 radical (unpaired) electrons. The molecule has 6 nitrogen and oxygen atoms in total. The van der Waals surface area contributed by atoms with E-state index in [0.29, 0.717) is 35.5 Å². The van der Waals surface area contributed by atoms with Crippen molar-refractivity contribution in [2.45, 2.75) is 152 Å². The first kappa shape index (κ1) is 37.8. The lowest BCUT2D eigenvalue weighted by molar-refractivity contribution is -0.0764. The van der Waals surface area contributed by atoms with Gasteiger partial charge in [0.05, 0.1) is 30.0 Å². The van der Waals surface area contributed by atoms with E-state index in [9.17, 15) is 0 Å². The van der Waals surface area contributed by atoms with Gasteiger partial charge in [0.15, 0.2) is 0 Å². The zero-order valence-corrected chi connectivity index (χ0v) is 29.5. The first-order valence-corrected chi connectivity index (χ1v) is 16.2. The second-order valence-corrected chi connectivity index (χ2v) is 16.2. The van der Waals surface area contributed by atoms with Crippen LogP contribution in [0.5, 0.6) is 0 Å². The van der Waals surface area contributed by atoms with Crippen molar-refractivity contribution in [1.29, 1.82) is 0 Å². The maximum atomic E-state index is 6.37. The summed E-state index contributed by atoms with van der Waals surface area (Å²) in [6, 6.07) is 0.488. The van der Waals surface area contributed by atoms with Crippen molar-refractivity contribution in [3.05, 3.63) is 0 Å². The first-order valence-electron chi connectivity index (χ1n) is 16.2. The molecule has 3 atom stereocenters. The Morgan fingerprint density at radius 2 is 0.750 bits per heavy atom. The lowest BCUT2D eigenvalue weighted by Gasteiger charge is -2.42. The molecule has 0 aromatic rings. The lowest BCUT2D eigenvalue weighted by Crippen LogP contribution is -2.56. The molecule has 0 aliphatic carbocycles. The van der Waals surface area contributed by atoms with Crippen LogP contribution in [-0.4, -0.2) is 54.7 Å². The Balaban J connectivity index is 0.000000301. The Labute approximate surface area is 249 Å². The van der Waals surface area contributed by atoms with Crippen LogP contribution in [0.3, 0.4) is 0 Å². The SMILES string of the molecule is CC(C)C1(C(C)C)OCC(C)(C)[C@@H]1N.CC(C)C1(C(C)C)OCC(C)(C)[C@H]1N.CC(C)C1(C(C)C)OCC[C@H]1N. The van der Waals surface area contributed by atoms with Gasteiger partial charge in [-0.1, -0.05) is 111 Å². The van der Waals surface area contributed by atoms with Gasteiger partial charge in [-0.25, -0.2) is 0 Å². The Hall–Kier alpha value is -0.240.